The van der Waals surface area contributed by atoms with E-state index in [1.54, 1.807) is 26.0 Å². The van der Waals surface area contributed by atoms with Gasteiger partial charge in [-0.1, -0.05) is 0 Å². The van der Waals surface area contributed by atoms with E-state index in [1.807, 2.05) is 0 Å². The Morgan fingerprint density at radius 3 is 2.55 bits per heavy atom. The van der Waals surface area contributed by atoms with Crippen molar-refractivity contribution in [1.29, 1.82) is 0 Å². The van der Waals surface area contributed by atoms with Gasteiger partial charge in [-0.3, -0.25) is 0 Å². The molecule has 9 nitrogen and oxygen atoms in total. The number of hydrogen-bond donors (Lipinski definition) is 1. The van der Waals surface area contributed by atoms with Gasteiger partial charge in [0.05, 0.1) is 24.8 Å². The molecular weight excluding hydrogens is 503 g/mol. The van der Waals surface area contributed by atoms with Crippen molar-refractivity contribution in [2.45, 2.75) is 32.2 Å². The highest BCUT2D eigenvalue weighted by molar-refractivity contribution is 9.10. The van der Waals surface area contributed by atoms with Crippen LogP contribution in [0, 0.1) is 12.7 Å². The van der Waals surface area contributed by atoms with Crippen LogP contribution in [0.15, 0.2) is 22.4 Å². The minimum absolute atomic E-state index is 0.113. The molecule has 11 heteroatoms. The fourth-order valence-corrected chi connectivity index (χ4v) is 4.59. The van der Waals surface area contributed by atoms with Gasteiger partial charge in [0.1, 0.15) is 18.0 Å². The lowest BCUT2D eigenvalue weighted by Gasteiger charge is -2.39. The monoisotopic (exact) mass is 531 g/mol. The highest BCUT2D eigenvalue weighted by Crippen LogP contribution is 2.40. The number of nitrogens with zero attached hydrogens (tertiary/aromatic N) is 1. The second-order valence-electron chi connectivity index (χ2n) is 7.76. The summed E-state index contributed by atoms with van der Waals surface area (Å²) in [5.41, 5.74) is 0.146. The summed E-state index contributed by atoms with van der Waals surface area (Å²) in [5, 5.41) is 1.95. The number of benzene rings is 1. The Balaban J connectivity index is 2.17. The number of halogens is 2. The maximum absolute atomic E-state index is 14.1. The highest BCUT2D eigenvalue weighted by Gasteiger charge is 2.62. The molecule has 0 radical (unpaired) electrons. The smallest absolute Gasteiger partial charge is 0.434 e. The van der Waals surface area contributed by atoms with Gasteiger partial charge in [-0.15, -0.1) is 5.06 Å². The van der Waals surface area contributed by atoms with Crippen molar-refractivity contribution >= 4 is 33.6 Å². The van der Waals surface area contributed by atoms with Crippen molar-refractivity contribution in [3.05, 3.63) is 39.3 Å². The largest absolute Gasteiger partial charge is 0.513 e. The van der Waals surface area contributed by atoms with E-state index in [4.69, 9.17) is 23.9 Å². The number of piperidine rings is 1. The van der Waals surface area contributed by atoms with Gasteiger partial charge >= 0.3 is 12.1 Å². The number of carbonyl (C=O) groups excluding carboxylic acids is 2. The molecule has 1 spiro atoms. The summed E-state index contributed by atoms with van der Waals surface area (Å²) < 4.78 is 30.2. The molecule has 1 N–H and O–H groups in total. The summed E-state index contributed by atoms with van der Waals surface area (Å²) in [6, 6.07) is 2.84. The fourth-order valence-electron chi connectivity index (χ4n) is 4.25. The standard InChI is InChI=1S/C22H28BrFN2O7/c1-5-31-21(28)33-19-18(15-13-16(23)17(24)12-14(15)2)20(27)26(32-11-10-29-3)22(19)6-8-25(30-4)9-7-22/h12-13H,5-11H2,1-4H3/p+1. The Kier molecular flexibility index (Phi) is 8.59. The molecule has 0 aliphatic carbocycles. The Labute approximate surface area is 200 Å². The lowest BCUT2D eigenvalue weighted by Crippen LogP contribution is -3.20. The van der Waals surface area contributed by atoms with Gasteiger partial charge in [-0.25, -0.2) is 14.0 Å². The number of hydrogen-bond acceptors (Lipinski definition) is 8. The van der Waals surface area contributed by atoms with Crippen molar-refractivity contribution in [3.8, 4) is 0 Å². The number of aryl methyl sites for hydroxylation is 1. The summed E-state index contributed by atoms with van der Waals surface area (Å²) in [6.07, 6.45) is -0.0911. The number of quaternary nitrogens is 1. The number of rotatable bonds is 8. The van der Waals surface area contributed by atoms with Crippen molar-refractivity contribution in [2.75, 3.05) is 47.1 Å². The SMILES string of the molecule is CCOC(=O)OC1=C(c2cc(Br)c(F)cc2C)C(=O)[NH+](OCCOC)C12CCN(OC)CC2. The third-order valence-electron chi connectivity index (χ3n) is 5.88. The molecule has 1 aromatic rings. The first-order chi connectivity index (χ1) is 15.8. The van der Waals surface area contributed by atoms with E-state index < -0.39 is 23.4 Å². The van der Waals surface area contributed by atoms with Crippen molar-refractivity contribution in [3.63, 3.8) is 0 Å². The van der Waals surface area contributed by atoms with Crippen LogP contribution in [0.2, 0.25) is 0 Å². The summed E-state index contributed by atoms with van der Waals surface area (Å²) in [5.74, 6) is -0.701. The molecule has 1 amide bonds. The molecule has 1 atom stereocenters. The van der Waals surface area contributed by atoms with Crippen LogP contribution < -0.4 is 5.06 Å². The van der Waals surface area contributed by atoms with E-state index >= 15 is 0 Å². The zero-order chi connectivity index (χ0) is 24.2. The van der Waals surface area contributed by atoms with Gasteiger partial charge in [0.15, 0.2) is 11.3 Å². The predicted molar refractivity (Wildman–Crippen MR) is 118 cm³/mol. The lowest BCUT2D eigenvalue weighted by molar-refractivity contribution is -1.06. The zero-order valence-corrected chi connectivity index (χ0v) is 20.8. The normalized spacial score (nSPS) is 20.5. The molecule has 0 bridgehead atoms. The van der Waals surface area contributed by atoms with E-state index in [0.717, 1.165) is 0 Å². The second-order valence-corrected chi connectivity index (χ2v) is 8.62. The molecule has 1 fully saturated rings. The molecule has 2 aliphatic heterocycles. The molecule has 0 aromatic heterocycles. The van der Waals surface area contributed by atoms with Crippen molar-refractivity contribution < 1.29 is 42.9 Å². The first kappa shape index (κ1) is 25.7. The Hall–Kier alpha value is -1.89. The van der Waals surface area contributed by atoms with Gasteiger partial charge in [-0.05, 0) is 53.0 Å². The van der Waals surface area contributed by atoms with Crippen LogP contribution in [-0.4, -0.2) is 69.8 Å². The topological polar surface area (TPSA) is 88.0 Å². The summed E-state index contributed by atoms with van der Waals surface area (Å²) in [4.78, 5) is 37.5. The van der Waals surface area contributed by atoms with Crippen molar-refractivity contribution in [2.24, 2.45) is 0 Å². The Morgan fingerprint density at radius 1 is 1.24 bits per heavy atom. The minimum atomic E-state index is -0.991. The highest BCUT2D eigenvalue weighted by atomic mass is 79.9. The minimum Gasteiger partial charge on any atom is -0.434 e. The van der Waals surface area contributed by atoms with Crippen molar-refractivity contribution in [1.82, 2.24) is 5.06 Å². The number of methoxy groups -OCH3 is 1. The van der Waals surface area contributed by atoms with Crippen LogP contribution >= 0.6 is 15.9 Å². The third kappa shape index (κ3) is 5.13. The number of nitrogens with one attached hydrogen (secondary N) is 1. The van der Waals surface area contributed by atoms with Crippen LogP contribution in [0.3, 0.4) is 0 Å². The number of amides is 1. The molecule has 1 aromatic carbocycles. The molecule has 33 heavy (non-hydrogen) atoms. The number of carbonyl (C=O) groups is 2. The van der Waals surface area contributed by atoms with Crippen LogP contribution in [0.5, 0.6) is 0 Å². The molecule has 182 valence electrons. The van der Waals surface area contributed by atoms with Crippen LogP contribution in [-0.2, 0) is 28.7 Å². The van der Waals surface area contributed by atoms with Gasteiger partial charge < -0.3 is 19.0 Å². The van der Waals surface area contributed by atoms with E-state index in [1.165, 1.54) is 19.2 Å². The first-order valence-corrected chi connectivity index (χ1v) is 11.5. The molecule has 1 unspecified atom stereocenters. The summed E-state index contributed by atoms with van der Waals surface area (Å²) >= 11 is 3.19. The average Bonchev–Trinajstić information content (AvgIpc) is 2.99. The summed E-state index contributed by atoms with van der Waals surface area (Å²) in [7, 11) is 3.11. The third-order valence-corrected chi connectivity index (χ3v) is 6.49. The van der Waals surface area contributed by atoms with E-state index in [-0.39, 0.29) is 40.7 Å². The average molecular weight is 532 g/mol. The Morgan fingerprint density at radius 2 is 1.94 bits per heavy atom. The van der Waals surface area contributed by atoms with Gasteiger partial charge in [0, 0.05) is 33.0 Å². The maximum Gasteiger partial charge on any atom is 0.513 e. The Bertz CT molecular complexity index is 932. The number of hydroxylamine groups is 4. The maximum atomic E-state index is 14.1. The van der Waals surface area contributed by atoms with Gasteiger partial charge in [0.2, 0.25) is 0 Å². The molecule has 1 saturated heterocycles. The van der Waals surface area contributed by atoms with Crippen LogP contribution in [0.4, 0.5) is 9.18 Å². The second kappa shape index (κ2) is 11.0. The quantitative estimate of drug-likeness (QED) is 0.403. The first-order valence-electron chi connectivity index (χ1n) is 10.7. The number of ether oxygens (including phenoxy) is 3. The van der Waals surface area contributed by atoms with Crippen LogP contribution in [0.25, 0.3) is 5.57 Å². The fraction of sp³-hybridized carbons (Fsp3) is 0.545. The van der Waals surface area contributed by atoms with Gasteiger partial charge in [0.25, 0.3) is 0 Å². The molecule has 0 saturated carbocycles. The van der Waals surface area contributed by atoms with Crippen LogP contribution in [0.1, 0.15) is 30.9 Å². The van der Waals surface area contributed by atoms with E-state index in [0.29, 0.717) is 37.1 Å². The summed E-state index contributed by atoms with van der Waals surface area (Å²) in [6.45, 7) is 4.86. The predicted octanol–water partition coefficient (Wildman–Crippen LogP) is 2.18. The van der Waals surface area contributed by atoms with E-state index in [9.17, 15) is 14.0 Å². The molecule has 2 heterocycles. The van der Waals surface area contributed by atoms with Gasteiger partial charge in [-0.2, -0.15) is 9.90 Å². The molecule has 2 aliphatic rings. The van der Waals surface area contributed by atoms with E-state index in [2.05, 4.69) is 15.9 Å². The lowest BCUT2D eigenvalue weighted by atomic mass is 9.85. The molecule has 3 rings (SSSR count). The molecular formula is C22H29BrFN2O7+. The zero-order valence-electron chi connectivity index (χ0n) is 19.2.